The molecule has 0 radical (unpaired) electrons. The standard InChI is InChI=1S/C15H10ClFN2O5/c16-11-4-2-1-3-10(11)15(21)24-8-14(20)18-9-5-6-12(17)13(7-9)19(22)23/h1-7H,8H2,(H,18,20). The molecular formula is C15H10ClFN2O5. The molecule has 9 heteroatoms. The zero-order valence-electron chi connectivity index (χ0n) is 12.0. The lowest BCUT2D eigenvalue weighted by molar-refractivity contribution is -0.387. The number of hydrogen-bond acceptors (Lipinski definition) is 5. The quantitative estimate of drug-likeness (QED) is 0.506. The van der Waals surface area contributed by atoms with E-state index in [4.69, 9.17) is 16.3 Å². The van der Waals surface area contributed by atoms with Gasteiger partial charge < -0.3 is 10.1 Å². The van der Waals surface area contributed by atoms with Crippen molar-refractivity contribution >= 4 is 34.9 Å². The van der Waals surface area contributed by atoms with E-state index in [0.717, 1.165) is 18.2 Å². The molecule has 0 spiro atoms. The molecule has 124 valence electrons. The predicted molar refractivity (Wildman–Crippen MR) is 83.4 cm³/mol. The Morgan fingerprint density at radius 3 is 2.62 bits per heavy atom. The number of anilines is 1. The molecule has 0 aliphatic carbocycles. The second-order valence-corrected chi connectivity index (χ2v) is 4.93. The summed E-state index contributed by atoms with van der Waals surface area (Å²) in [5.41, 5.74) is -0.674. The fraction of sp³-hybridized carbons (Fsp3) is 0.0667. The number of nitrogens with zero attached hydrogens (tertiary/aromatic N) is 1. The maximum Gasteiger partial charge on any atom is 0.340 e. The van der Waals surface area contributed by atoms with Crippen LogP contribution < -0.4 is 5.32 Å². The van der Waals surface area contributed by atoms with Crippen LogP contribution in [0, 0.1) is 15.9 Å². The Bertz CT molecular complexity index is 812. The number of halogens is 2. The largest absolute Gasteiger partial charge is 0.452 e. The first-order valence-corrected chi connectivity index (χ1v) is 6.91. The predicted octanol–water partition coefficient (Wildman–Crippen LogP) is 3.18. The van der Waals surface area contributed by atoms with Gasteiger partial charge in [-0.05, 0) is 24.3 Å². The van der Waals surface area contributed by atoms with Gasteiger partial charge in [0.2, 0.25) is 5.82 Å². The minimum atomic E-state index is -1.02. The van der Waals surface area contributed by atoms with Crippen molar-refractivity contribution in [3.63, 3.8) is 0 Å². The summed E-state index contributed by atoms with van der Waals surface area (Å²) >= 11 is 5.83. The van der Waals surface area contributed by atoms with Gasteiger partial charge in [-0.3, -0.25) is 14.9 Å². The van der Waals surface area contributed by atoms with Gasteiger partial charge in [-0.2, -0.15) is 4.39 Å². The van der Waals surface area contributed by atoms with Crippen LogP contribution in [0.4, 0.5) is 15.8 Å². The number of carbonyl (C=O) groups is 2. The van der Waals surface area contributed by atoms with Crippen molar-refractivity contribution in [2.24, 2.45) is 0 Å². The summed E-state index contributed by atoms with van der Waals surface area (Å²) in [4.78, 5) is 33.2. The molecule has 0 aliphatic heterocycles. The first kappa shape index (κ1) is 17.4. The average molecular weight is 353 g/mol. The highest BCUT2D eigenvalue weighted by molar-refractivity contribution is 6.33. The van der Waals surface area contributed by atoms with Crippen LogP contribution in [0.15, 0.2) is 42.5 Å². The average Bonchev–Trinajstić information content (AvgIpc) is 2.54. The van der Waals surface area contributed by atoms with Gasteiger partial charge in [-0.15, -0.1) is 0 Å². The normalized spacial score (nSPS) is 10.1. The first-order chi connectivity index (χ1) is 11.4. The molecule has 0 aliphatic rings. The second kappa shape index (κ2) is 7.51. The lowest BCUT2D eigenvalue weighted by Crippen LogP contribution is -2.21. The summed E-state index contributed by atoms with van der Waals surface area (Å²) in [6, 6.07) is 9.01. The van der Waals surface area contributed by atoms with Crippen LogP contribution >= 0.6 is 11.6 Å². The minimum Gasteiger partial charge on any atom is -0.452 e. The molecule has 0 fully saturated rings. The zero-order chi connectivity index (χ0) is 17.7. The smallest absolute Gasteiger partial charge is 0.340 e. The molecule has 0 aromatic heterocycles. The zero-order valence-corrected chi connectivity index (χ0v) is 12.7. The lowest BCUT2D eigenvalue weighted by atomic mass is 10.2. The maximum absolute atomic E-state index is 13.2. The van der Waals surface area contributed by atoms with Crippen LogP contribution in [0.1, 0.15) is 10.4 Å². The number of nitrogens with one attached hydrogen (secondary N) is 1. The number of nitro benzene ring substituents is 1. The summed E-state index contributed by atoms with van der Waals surface area (Å²) in [5.74, 6) is -2.56. The molecular weight excluding hydrogens is 343 g/mol. The fourth-order valence-electron chi connectivity index (χ4n) is 1.76. The van der Waals surface area contributed by atoms with Crippen LogP contribution in [0.2, 0.25) is 5.02 Å². The number of nitro groups is 1. The molecule has 0 bridgehead atoms. The van der Waals surface area contributed by atoms with Crippen LogP contribution in [0.25, 0.3) is 0 Å². The van der Waals surface area contributed by atoms with Crippen LogP contribution in [0.3, 0.4) is 0 Å². The Kier molecular flexibility index (Phi) is 5.43. The molecule has 0 saturated heterocycles. The van der Waals surface area contributed by atoms with Crippen molar-refractivity contribution in [1.29, 1.82) is 0 Å². The van der Waals surface area contributed by atoms with E-state index in [1.54, 1.807) is 12.1 Å². The first-order valence-electron chi connectivity index (χ1n) is 6.54. The van der Waals surface area contributed by atoms with Crippen LogP contribution in [-0.2, 0) is 9.53 Å². The Labute approximate surface area is 140 Å². The SMILES string of the molecule is O=C(COC(=O)c1ccccc1Cl)Nc1ccc(F)c([N+](=O)[O-])c1. The van der Waals surface area contributed by atoms with Crippen molar-refractivity contribution < 1.29 is 23.6 Å². The molecule has 7 nitrogen and oxygen atoms in total. The summed E-state index contributed by atoms with van der Waals surface area (Å²) in [5, 5.41) is 13.1. The molecule has 24 heavy (non-hydrogen) atoms. The maximum atomic E-state index is 13.2. The molecule has 0 saturated carbocycles. The van der Waals surface area contributed by atoms with Gasteiger partial charge >= 0.3 is 11.7 Å². The van der Waals surface area contributed by atoms with E-state index in [9.17, 15) is 24.1 Å². The van der Waals surface area contributed by atoms with E-state index < -0.39 is 34.9 Å². The number of hydrogen-bond donors (Lipinski definition) is 1. The monoisotopic (exact) mass is 352 g/mol. The highest BCUT2D eigenvalue weighted by atomic mass is 35.5. The van der Waals surface area contributed by atoms with Gasteiger partial charge in [-0.25, -0.2) is 4.79 Å². The van der Waals surface area contributed by atoms with Crippen LogP contribution in [0.5, 0.6) is 0 Å². The van der Waals surface area contributed by atoms with Crippen molar-refractivity contribution in [2.75, 3.05) is 11.9 Å². The summed E-state index contributed by atoms with van der Waals surface area (Å²) < 4.78 is 18.0. The Balaban J connectivity index is 1.97. The Morgan fingerprint density at radius 2 is 1.96 bits per heavy atom. The van der Waals surface area contributed by atoms with Crippen molar-refractivity contribution in [3.05, 3.63) is 69.0 Å². The minimum absolute atomic E-state index is 0.00175. The van der Waals surface area contributed by atoms with Crippen LogP contribution in [-0.4, -0.2) is 23.4 Å². The highest BCUT2D eigenvalue weighted by Crippen LogP contribution is 2.21. The third-order valence-electron chi connectivity index (χ3n) is 2.85. The molecule has 0 unspecified atom stereocenters. The number of ether oxygens (including phenoxy) is 1. The van der Waals surface area contributed by atoms with Gasteiger partial charge in [-0.1, -0.05) is 23.7 Å². The van der Waals surface area contributed by atoms with E-state index in [1.807, 2.05) is 0 Å². The third-order valence-corrected chi connectivity index (χ3v) is 3.18. The van der Waals surface area contributed by atoms with E-state index in [0.29, 0.717) is 0 Å². The summed E-state index contributed by atoms with van der Waals surface area (Å²) in [6.45, 7) is -0.630. The van der Waals surface area contributed by atoms with Gasteiger partial charge in [0, 0.05) is 11.8 Å². The molecule has 0 atom stereocenters. The van der Waals surface area contributed by atoms with E-state index in [2.05, 4.69) is 5.32 Å². The Morgan fingerprint density at radius 1 is 1.25 bits per heavy atom. The molecule has 2 aromatic rings. The second-order valence-electron chi connectivity index (χ2n) is 4.53. The van der Waals surface area contributed by atoms with Gasteiger partial charge in [0.15, 0.2) is 6.61 Å². The lowest BCUT2D eigenvalue weighted by Gasteiger charge is -2.07. The summed E-state index contributed by atoms with van der Waals surface area (Å²) in [7, 11) is 0. The van der Waals surface area contributed by atoms with Gasteiger partial charge in [0.1, 0.15) is 0 Å². The number of benzene rings is 2. The summed E-state index contributed by atoms with van der Waals surface area (Å²) in [6.07, 6.45) is 0. The number of carbonyl (C=O) groups excluding carboxylic acids is 2. The highest BCUT2D eigenvalue weighted by Gasteiger charge is 2.16. The van der Waals surface area contributed by atoms with Crippen molar-refractivity contribution in [1.82, 2.24) is 0 Å². The van der Waals surface area contributed by atoms with Gasteiger partial charge in [0.25, 0.3) is 5.91 Å². The van der Waals surface area contributed by atoms with Crippen molar-refractivity contribution in [2.45, 2.75) is 0 Å². The molecule has 2 aromatic carbocycles. The molecule has 1 amide bonds. The number of rotatable bonds is 5. The molecule has 1 N–H and O–H groups in total. The number of esters is 1. The fourth-order valence-corrected chi connectivity index (χ4v) is 1.98. The molecule has 0 heterocycles. The van der Waals surface area contributed by atoms with E-state index >= 15 is 0 Å². The van der Waals surface area contributed by atoms with Gasteiger partial charge in [0.05, 0.1) is 15.5 Å². The molecule has 2 rings (SSSR count). The number of amides is 1. The van der Waals surface area contributed by atoms with E-state index in [-0.39, 0.29) is 16.3 Å². The topological polar surface area (TPSA) is 98.5 Å². The third kappa shape index (κ3) is 4.26. The van der Waals surface area contributed by atoms with E-state index in [1.165, 1.54) is 12.1 Å². The Hall–Kier alpha value is -3.00. The van der Waals surface area contributed by atoms with Crippen molar-refractivity contribution in [3.8, 4) is 0 Å².